The van der Waals surface area contributed by atoms with Crippen LogP contribution in [-0.4, -0.2) is 79.8 Å². The molecule has 8 heteroatoms. The zero-order valence-corrected chi connectivity index (χ0v) is 19.4. The van der Waals surface area contributed by atoms with Crippen molar-refractivity contribution in [3.63, 3.8) is 0 Å². The predicted molar refractivity (Wildman–Crippen MR) is 130 cm³/mol. The minimum atomic E-state index is 0.112. The van der Waals surface area contributed by atoms with Crippen LogP contribution in [0.25, 0.3) is 0 Å². The molecule has 32 heavy (non-hydrogen) atoms. The molecule has 0 bridgehead atoms. The average molecular weight is 440 g/mol. The highest BCUT2D eigenvalue weighted by Gasteiger charge is 2.18. The van der Waals surface area contributed by atoms with E-state index >= 15 is 0 Å². The first-order chi connectivity index (χ1) is 15.8. The molecular formula is C24H37N7O. The van der Waals surface area contributed by atoms with E-state index in [-0.39, 0.29) is 6.10 Å². The van der Waals surface area contributed by atoms with Gasteiger partial charge < -0.3 is 20.3 Å². The number of benzene rings is 1. The molecule has 0 radical (unpaired) electrons. The third-order valence-electron chi connectivity index (χ3n) is 5.48. The van der Waals surface area contributed by atoms with Crippen molar-refractivity contribution in [1.29, 1.82) is 0 Å². The Morgan fingerprint density at radius 2 is 1.81 bits per heavy atom. The van der Waals surface area contributed by atoms with Gasteiger partial charge in [0.15, 0.2) is 5.96 Å². The second kappa shape index (κ2) is 13.6. The number of guanidine groups is 1. The number of ether oxygens (including phenoxy) is 1. The average Bonchev–Trinajstić information content (AvgIpc) is 2.85. The van der Waals surface area contributed by atoms with Crippen LogP contribution in [0.15, 0.2) is 53.8 Å². The molecule has 8 nitrogen and oxygen atoms in total. The fourth-order valence-corrected chi connectivity index (χ4v) is 3.64. The van der Waals surface area contributed by atoms with Crippen LogP contribution in [-0.2, 0) is 4.74 Å². The van der Waals surface area contributed by atoms with Crippen LogP contribution in [0.4, 0.5) is 5.95 Å². The molecule has 1 fully saturated rings. The highest BCUT2D eigenvalue weighted by molar-refractivity contribution is 5.79. The quantitative estimate of drug-likeness (QED) is 0.316. The molecule has 174 valence electrons. The number of aromatic nitrogens is 2. The van der Waals surface area contributed by atoms with Gasteiger partial charge in [-0.1, -0.05) is 30.3 Å². The van der Waals surface area contributed by atoms with Crippen molar-refractivity contribution >= 4 is 11.9 Å². The van der Waals surface area contributed by atoms with Gasteiger partial charge in [-0.05, 0) is 31.9 Å². The molecule has 1 aliphatic heterocycles. The number of nitrogens with one attached hydrogen (secondary N) is 2. The van der Waals surface area contributed by atoms with Crippen LogP contribution in [0, 0.1) is 0 Å². The summed E-state index contributed by atoms with van der Waals surface area (Å²) in [4.78, 5) is 18.1. The van der Waals surface area contributed by atoms with Gasteiger partial charge in [0.1, 0.15) is 0 Å². The second-order valence-electron chi connectivity index (χ2n) is 7.84. The maximum atomic E-state index is 5.94. The van der Waals surface area contributed by atoms with Crippen molar-refractivity contribution in [2.75, 3.05) is 63.9 Å². The first-order valence-corrected chi connectivity index (χ1v) is 11.7. The van der Waals surface area contributed by atoms with Gasteiger partial charge in [-0.2, -0.15) is 0 Å². The molecule has 2 N–H and O–H groups in total. The van der Waals surface area contributed by atoms with E-state index < -0.39 is 0 Å². The predicted octanol–water partition coefficient (Wildman–Crippen LogP) is 2.32. The van der Waals surface area contributed by atoms with Crippen molar-refractivity contribution < 1.29 is 4.74 Å². The van der Waals surface area contributed by atoms with Crippen LogP contribution in [0.5, 0.6) is 0 Å². The van der Waals surface area contributed by atoms with Gasteiger partial charge in [0.25, 0.3) is 0 Å². The zero-order valence-electron chi connectivity index (χ0n) is 19.4. The monoisotopic (exact) mass is 439 g/mol. The summed E-state index contributed by atoms with van der Waals surface area (Å²) in [5.74, 6) is 1.70. The van der Waals surface area contributed by atoms with E-state index in [9.17, 15) is 0 Å². The summed E-state index contributed by atoms with van der Waals surface area (Å²) in [6.07, 6.45) is 4.62. The molecule has 2 heterocycles. The molecule has 1 aromatic carbocycles. The van der Waals surface area contributed by atoms with E-state index in [4.69, 9.17) is 4.74 Å². The molecule has 1 aliphatic rings. The lowest BCUT2D eigenvalue weighted by Crippen LogP contribution is -2.49. The molecule has 1 saturated heterocycles. The van der Waals surface area contributed by atoms with Gasteiger partial charge in [-0.3, -0.25) is 9.89 Å². The maximum Gasteiger partial charge on any atom is 0.225 e. The van der Waals surface area contributed by atoms with Crippen LogP contribution in [0.1, 0.15) is 31.9 Å². The number of hydrogen-bond acceptors (Lipinski definition) is 6. The van der Waals surface area contributed by atoms with Crippen LogP contribution in [0.3, 0.4) is 0 Å². The minimum absolute atomic E-state index is 0.112. The van der Waals surface area contributed by atoms with E-state index in [0.29, 0.717) is 6.61 Å². The van der Waals surface area contributed by atoms with Crippen LogP contribution in [0.2, 0.25) is 0 Å². The third kappa shape index (κ3) is 8.09. The van der Waals surface area contributed by atoms with Crippen LogP contribution < -0.4 is 15.5 Å². The highest BCUT2D eigenvalue weighted by Crippen LogP contribution is 2.15. The molecule has 2 aromatic rings. The van der Waals surface area contributed by atoms with Crippen LogP contribution >= 0.6 is 0 Å². The molecule has 0 saturated carbocycles. The van der Waals surface area contributed by atoms with Crippen molar-refractivity contribution in [2.24, 2.45) is 4.99 Å². The summed E-state index contributed by atoms with van der Waals surface area (Å²) < 4.78 is 5.94. The molecule has 0 spiro atoms. The Kier molecular flexibility index (Phi) is 10.2. The third-order valence-corrected chi connectivity index (χ3v) is 5.48. The van der Waals surface area contributed by atoms with Gasteiger partial charge in [0, 0.05) is 71.4 Å². The van der Waals surface area contributed by atoms with Gasteiger partial charge in [-0.15, -0.1) is 0 Å². The molecule has 3 rings (SSSR count). The first-order valence-electron chi connectivity index (χ1n) is 11.7. The second-order valence-corrected chi connectivity index (χ2v) is 7.84. The summed E-state index contributed by atoms with van der Waals surface area (Å²) in [6, 6.07) is 12.2. The smallest absolute Gasteiger partial charge is 0.225 e. The molecule has 0 aliphatic carbocycles. The van der Waals surface area contributed by atoms with Crippen molar-refractivity contribution in [2.45, 2.75) is 26.4 Å². The van der Waals surface area contributed by atoms with E-state index in [0.717, 1.165) is 70.7 Å². The highest BCUT2D eigenvalue weighted by atomic mass is 16.5. The SMILES string of the molecule is CCNC(=NCCCOC(C)c1ccccc1)NCCN1CCN(c2ncccn2)CC1. The topological polar surface area (TPSA) is 77.9 Å². The number of anilines is 1. The van der Waals surface area contributed by atoms with Gasteiger partial charge in [0.2, 0.25) is 5.95 Å². The lowest BCUT2D eigenvalue weighted by Gasteiger charge is -2.34. The normalized spacial score (nSPS) is 16.1. The Morgan fingerprint density at radius 1 is 1.06 bits per heavy atom. The number of hydrogen-bond donors (Lipinski definition) is 2. The van der Waals surface area contributed by atoms with Gasteiger partial charge >= 0.3 is 0 Å². The Hall–Kier alpha value is -2.71. The van der Waals surface area contributed by atoms with E-state index in [1.807, 2.05) is 24.3 Å². The number of nitrogens with zero attached hydrogens (tertiary/aromatic N) is 5. The fraction of sp³-hybridized carbons (Fsp3) is 0.542. The molecular weight excluding hydrogens is 402 g/mol. The lowest BCUT2D eigenvalue weighted by atomic mass is 10.1. The summed E-state index contributed by atoms with van der Waals surface area (Å²) in [5.41, 5.74) is 1.21. The summed E-state index contributed by atoms with van der Waals surface area (Å²) in [6.45, 7) is 12.3. The molecule has 0 amide bonds. The Labute approximate surface area is 192 Å². The van der Waals surface area contributed by atoms with Crippen molar-refractivity contribution in [3.05, 3.63) is 54.4 Å². The largest absolute Gasteiger partial charge is 0.374 e. The lowest BCUT2D eigenvalue weighted by molar-refractivity contribution is 0.0652. The summed E-state index contributed by atoms with van der Waals surface area (Å²) in [5, 5.41) is 6.78. The molecule has 1 unspecified atom stereocenters. The Morgan fingerprint density at radius 3 is 2.53 bits per heavy atom. The zero-order chi connectivity index (χ0) is 22.4. The molecule has 1 aromatic heterocycles. The standard InChI is InChI=1S/C24H37N7O/c1-3-25-23(26-13-8-20-32-21(2)22-9-5-4-6-10-22)27-14-15-30-16-18-31(19-17-30)24-28-11-7-12-29-24/h4-7,9-12,21H,3,8,13-20H2,1-2H3,(H2,25,26,27). The first kappa shape index (κ1) is 23.9. The Balaban J connectivity index is 1.30. The molecule has 1 atom stereocenters. The Bertz CT molecular complexity index is 779. The van der Waals surface area contributed by atoms with E-state index in [2.05, 4.69) is 61.4 Å². The van der Waals surface area contributed by atoms with Crippen molar-refractivity contribution in [1.82, 2.24) is 25.5 Å². The van der Waals surface area contributed by atoms with E-state index in [1.165, 1.54) is 5.56 Å². The maximum absolute atomic E-state index is 5.94. The fourth-order valence-electron chi connectivity index (χ4n) is 3.64. The number of piperazine rings is 1. The number of rotatable bonds is 11. The minimum Gasteiger partial charge on any atom is -0.374 e. The summed E-state index contributed by atoms with van der Waals surface area (Å²) >= 11 is 0. The summed E-state index contributed by atoms with van der Waals surface area (Å²) in [7, 11) is 0. The van der Waals surface area contributed by atoms with Gasteiger partial charge in [-0.25, -0.2) is 9.97 Å². The van der Waals surface area contributed by atoms with Crippen molar-refractivity contribution in [3.8, 4) is 0 Å². The van der Waals surface area contributed by atoms with Gasteiger partial charge in [0.05, 0.1) is 6.10 Å². The number of aliphatic imine (C=N–C) groups is 1. The van der Waals surface area contributed by atoms with E-state index in [1.54, 1.807) is 12.4 Å².